The summed E-state index contributed by atoms with van der Waals surface area (Å²) in [5.74, 6) is 0.633. The summed E-state index contributed by atoms with van der Waals surface area (Å²) in [4.78, 5) is 10.1. The van der Waals surface area contributed by atoms with Gasteiger partial charge in [-0.25, -0.2) is 0 Å². The minimum absolute atomic E-state index is 0.142. The van der Waals surface area contributed by atoms with E-state index in [2.05, 4.69) is 27.7 Å². The first-order valence-corrected chi connectivity index (χ1v) is 7.90. The molecule has 0 aromatic heterocycles. The zero-order chi connectivity index (χ0) is 9.99. The molecule has 0 aliphatic rings. The standard InChI is InChI=1S/C10H24OSi/c1-7-8-9(2)10(3,4)12(5,6)11/h9,11H,7-8H2,1-6H3. The smallest absolute Gasteiger partial charge is 0.188 e. The van der Waals surface area contributed by atoms with E-state index in [4.69, 9.17) is 0 Å². The second kappa shape index (κ2) is 3.92. The van der Waals surface area contributed by atoms with Crippen LogP contribution in [0.3, 0.4) is 0 Å². The summed E-state index contributed by atoms with van der Waals surface area (Å²) in [7, 11) is -1.99. The van der Waals surface area contributed by atoms with E-state index >= 15 is 0 Å². The van der Waals surface area contributed by atoms with Crippen molar-refractivity contribution in [3.8, 4) is 0 Å². The molecular formula is C10H24OSi. The molecule has 0 saturated carbocycles. The first-order chi connectivity index (χ1) is 5.23. The van der Waals surface area contributed by atoms with Gasteiger partial charge in [0, 0.05) is 0 Å². The van der Waals surface area contributed by atoms with Crippen LogP contribution in [0.2, 0.25) is 18.1 Å². The van der Waals surface area contributed by atoms with E-state index in [0.717, 1.165) is 0 Å². The monoisotopic (exact) mass is 188 g/mol. The third-order valence-electron chi connectivity index (χ3n) is 3.53. The first kappa shape index (κ1) is 12.2. The molecular weight excluding hydrogens is 164 g/mol. The highest BCUT2D eigenvalue weighted by molar-refractivity contribution is 6.72. The van der Waals surface area contributed by atoms with Crippen molar-refractivity contribution in [2.24, 2.45) is 5.92 Å². The minimum Gasteiger partial charge on any atom is -0.432 e. The number of rotatable bonds is 4. The SMILES string of the molecule is CCCC(C)C(C)(C)[Si](C)(C)O. The molecule has 0 saturated heterocycles. The molecule has 0 aromatic rings. The summed E-state index contributed by atoms with van der Waals surface area (Å²) in [6.07, 6.45) is 2.44. The molecule has 0 spiro atoms. The maximum Gasteiger partial charge on any atom is 0.188 e. The molecule has 0 aliphatic carbocycles. The highest BCUT2D eigenvalue weighted by atomic mass is 28.4. The Morgan fingerprint density at radius 2 is 1.75 bits per heavy atom. The quantitative estimate of drug-likeness (QED) is 0.670. The van der Waals surface area contributed by atoms with E-state index in [1.165, 1.54) is 12.8 Å². The molecule has 0 amide bonds. The van der Waals surface area contributed by atoms with Crippen molar-refractivity contribution in [2.45, 2.75) is 58.7 Å². The Morgan fingerprint density at radius 1 is 1.33 bits per heavy atom. The Balaban J connectivity index is 4.38. The van der Waals surface area contributed by atoms with Crippen molar-refractivity contribution in [3.63, 3.8) is 0 Å². The Bertz CT molecular complexity index is 135. The molecule has 1 atom stereocenters. The highest BCUT2D eigenvalue weighted by Crippen LogP contribution is 2.44. The largest absolute Gasteiger partial charge is 0.432 e. The third kappa shape index (κ3) is 2.59. The number of hydrogen-bond donors (Lipinski definition) is 1. The fourth-order valence-corrected chi connectivity index (χ4v) is 2.75. The van der Waals surface area contributed by atoms with E-state index in [9.17, 15) is 4.80 Å². The summed E-state index contributed by atoms with van der Waals surface area (Å²) >= 11 is 0. The molecule has 1 N–H and O–H groups in total. The van der Waals surface area contributed by atoms with Crippen molar-refractivity contribution < 1.29 is 4.80 Å². The van der Waals surface area contributed by atoms with Crippen LogP contribution in [0.1, 0.15) is 40.5 Å². The third-order valence-corrected chi connectivity index (χ3v) is 7.18. The predicted octanol–water partition coefficient (Wildman–Crippen LogP) is 3.40. The second-order valence-corrected chi connectivity index (χ2v) is 9.38. The van der Waals surface area contributed by atoms with Crippen LogP contribution in [0.4, 0.5) is 0 Å². The molecule has 0 bridgehead atoms. The lowest BCUT2D eigenvalue weighted by Crippen LogP contribution is -2.42. The van der Waals surface area contributed by atoms with E-state index in [1.807, 2.05) is 13.1 Å². The second-order valence-electron chi connectivity index (χ2n) is 4.97. The summed E-state index contributed by atoms with van der Waals surface area (Å²) in [6, 6.07) is 0. The molecule has 1 unspecified atom stereocenters. The van der Waals surface area contributed by atoms with E-state index in [0.29, 0.717) is 5.92 Å². The van der Waals surface area contributed by atoms with Crippen molar-refractivity contribution in [2.75, 3.05) is 0 Å². The van der Waals surface area contributed by atoms with Crippen molar-refractivity contribution in [1.82, 2.24) is 0 Å². The van der Waals surface area contributed by atoms with Gasteiger partial charge in [0.05, 0.1) is 0 Å². The van der Waals surface area contributed by atoms with Gasteiger partial charge in [0.25, 0.3) is 0 Å². The average molecular weight is 188 g/mol. The highest BCUT2D eigenvalue weighted by Gasteiger charge is 2.41. The van der Waals surface area contributed by atoms with Gasteiger partial charge >= 0.3 is 0 Å². The molecule has 12 heavy (non-hydrogen) atoms. The average Bonchev–Trinajstić information content (AvgIpc) is 1.85. The van der Waals surface area contributed by atoms with Crippen LogP contribution < -0.4 is 0 Å². The summed E-state index contributed by atoms with van der Waals surface area (Å²) in [5, 5.41) is 0.142. The Morgan fingerprint density at radius 3 is 2.00 bits per heavy atom. The van der Waals surface area contributed by atoms with Crippen LogP contribution >= 0.6 is 0 Å². The van der Waals surface area contributed by atoms with E-state index in [1.54, 1.807) is 0 Å². The Hall–Kier alpha value is 0.177. The maximum absolute atomic E-state index is 10.1. The fourth-order valence-electron chi connectivity index (χ4n) is 1.40. The molecule has 0 fully saturated rings. The lowest BCUT2D eigenvalue weighted by molar-refractivity contribution is 0.347. The zero-order valence-electron chi connectivity index (χ0n) is 9.44. The topological polar surface area (TPSA) is 20.2 Å². The van der Waals surface area contributed by atoms with Crippen LogP contribution in [0.25, 0.3) is 0 Å². The summed E-state index contributed by atoms with van der Waals surface area (Å²) in [6.45, 7) is 13.0. The van der Waals surface area contributed by atoms with Gasteiger partial charge in [-0.1, -0.05) is 40.5 Å². The van der Waals surface area contributed by atoms with Crippen molar-refractivity contribution in [3.05, 3.63) is 0 Å². The molecule has 0 aromatic carbocycles. The van der Waals surface area contributed by atoms with Crippen LogP contribution in [0.5, 0.6) is 0 Å². The molecule has 0 heterocycles. The van der Waals surface area contributed by atoms with Gasteiger partial charge in [0.2, 0.25) is 0 Å². The van der Waals surface area contributed by atoms with Gasteiger partial charge in [-0.15, -0.1) is 0 Å². The zero-order valence-corrected chi connectivity index (χ0v) is 10.4. The lowest BCUT2D eigenvalue weighted by atomic mass is 9.92. The number of hydrogen-bond acceptors (Lipinski definition) is 1. The van der Waals surface area contributed by atoms with Crippen molar-refractivity contribution in [1.29, 1.82) is 0 Å². The summed E-state index contributed by atoms with van der Waals surface area (Å²) in [5.41, 5.74) is 0. The van der Waals surface area contributed by atoms with Crippen LogP contribution in [-0.2, 0) is 0 Å². The molecule has 0 radical (unpaired) electrons. The minimum atomic E-state index is -1.99. The summed E-state index contributed by atoms with van der Waals surface area (Å²) < 4.78 is 0. The molecule has 2 heteroatoms. The molecule has 0 aliphatic heterocycles. The fraction of sp³-hybridized carbons (Fsp3) is 1.00. The van der Waals surface area contributed by atoms with Crippen LogP contribution in [-0.4, -0.2) is 13.1 Å². The van der Waals surface area contributed by atoms with Crippen molar-refractivity contribution >= 4 is 8.32 Å². The Labute approximate surface area is 78.3 Å². The predicted molar refractivity (Wildman–Crippen MR) is 57.8 cm³/mol. The van der Waals surface area contributed by atoms with Gasteiger partial charge in [0.1, 0.15) is 0 Å². The van der Waals surface area contributed by atoms with Crippen LogP contribution in [0, 0.1) is 5.92 Å². The van der Waals surface area contributed by atoms with Gasteiger partial charge < -0.3 is 4.80 Å². The molecule has 0 rings (SSSR count). The molecule has 74 valence electrons. The van der Waals surface area contributed by atoms with E-state index < -0.39 is 8.32 Å². The van der Waals surface area contributed by atoms with E-state index in [-0.39, 0.29) is 5.04 Å². The van der Waals surface area contributed by atoms with Gasteiger partial charge in [-0.2, -0.15) is 0 Å². The molecule has 1 nitrogen and oxygen atoms in total. The van der Waals surface area contributed by atoms with Gasteiger partial charge in [-0.3, -0.25) is 0 Å². The Kier molecular flexibility index (Phi) is 3.98. The first-order valence-electron chi connectivity index (χ1n) is 4.95. The van der Waals surface area contributed by atoms with Gasteiger partial charge in [0.15, 0.2) is 8.32 Å². The van der Waals surface area contributed by atoms with Crippen LogP contribution in [0.15, 0.2) is 0 Å². The normalized spacial score (nSPS) is 16.2. The maximum atomic E-state index is 10.1. The van der Waals surface area contributed by atoms with Gasteiger partial charge in [-0.05, 0) is 24.1 Å². The lowest BCUT2D eigenvalue weighted by Gasteiger charge is -2.40.